The lowest BCUT2D eigenvalue weighted by molar-refractivity contribution is 0.00235. The van der Waals surface area contributed by atoms with Crippen LogP contribution in [0.25, 0.3) is 5.53 Å². The number of hydrogen-bond acceptors (Lipinski definition) is 2. The molecule has 0 unspecified atom stereocenters. The number of hydrogen-bond donors (Lipinski definition) is 0. The van der Waals surface area contributed by atoms with Crippen molar-refractivity contribution in [2.24, 2.45) is 0 Å². The molecule has 1 aromatic carbocycles. The molecule has 0 saturated carbocycles. The van der Waals surface area contributed by atoms with Crippen molar-refractivity contribution in [3.05, 3.63) is 34.9 Å². The smallest absolute Gasteiger partial charge is 0.328 e. The number of Topliss-reactive ketones (excluding diaryl/α,β-unsaturated/α-hetero) is 1. The van der Waals surface area contributed by atoms with Gasteiger partial charge in [0.15, 0.2) is 0 Å². The number of methoxy groups -OCH3 is 1. The summed E-state index contributed by atoms with van der Waals surface area (Å²) in [5, 5.41) is 0. The van der Waals surface area contributed by atoms with Crippen LogP contribution in [0.5, 0.6) is 5.75 Å². The number of ketones is 1. The molecule has 14 heavy (non-hydrogen) atoms. The third-order valence-corrected chi connectivity index (χ3v) is 1.85. The van der Waals surface area contributed by atoms with Gasteiger partial charge in [0.25, 0.3) is 5.78 Å². The normalized spacial score (nSPS) is 9.00. The van der Waals surface area contributed by atoms with Gasteiger partial charge in [0, 0.05) is 5.56 Å². The SMILES string of the molecule is COc1ccc(C(=O)C=[N+]=[N-])cc1C. The highest BCUT2D eigenvalue weighted by atomic mass is 16.5. The minimum atomic E-state index is -0.335. The summed E-state index contributed by atoms with van der Waals surface area (Å²) in [6.07, 6.45) is 0.862. The van der Waals surface area contributed by atoms with Crippen LogP contribution in [0.2, 0.25) is 0 Å². The topological polar surface area (TPSA) is 62.7 Å². The Hall–Kier alpha value is -1.93. The van der Waals surface area contributed by atoms with Gasteiger partial charge in [0.2, 0.25) is 0 Å². The molecule has 0 aliphatic rings. The number of aryl methyl sites for hydroxylation is 1. The van der Waals surface area contributed by atoms with Crippen molar-refractivity contribution in [1.82, 2.24) is 0 Å². The predicted octanol–water partition coefficient (Wildman–Crippen LogP) is 1.49. The van der Waals surface area contributed by atoms with Crippen LogP contribution in [-0.2, 0) is 0 Å². The maximum Gasteiger partial charge on any atom is 0.328 e. The average Bonchev–Trinajstić information content (AvgIpc) is 2.18. The summed E-state index contributed by atoms with van der Waals surface area (Å²) >= 11 is 0. The molecule has 0 radical (unpaired) electrons. The summed E-state index contributed by atoms with van der Waals surface area (Å²) < 4.78 is 5.05. The van der Waals surface area contributed by atoms with Crippen LogP contribution in [0.4, 0.5) is 0 Å². The van der Waals surface area contributed by atoms with E-state index in [4.69, 9.17) is 10.3 Å². The van der Waals surface area contributed by atoms with Crippen LogP contribution < -0.4 is 4.74 Å². The summed E-state index contributed by atoms with van der Waals surface area (Å²) in [7, 11) is 1.57. The second-order valence-electron chi connectivity index (χ2n) is 2.79. The Bertz CT molecular complexity index is 407. The van der Waals surface area contributed by atoms with Crippen LogP contribution >= 0.6 is 0 Å². The number of benzene rings is 1. The van der Waals surface area contributed by atoms with Crippen molar-refractivity contribution in [3.63, 3.8) is 0 Å². The fourth-order valence-electron chi connectivity index (χ4n) is 1.16. The first-order valence-electron chi connectivity index (χ1n) is 4.05. The molecule has 4 nitrogen and oxygen atoms in total. The first kappa shape index (κ1) is 10.2. The molecule has 0 N–H and O–H groups in total. The lowest BCUT2D eigenvalue weighted by Crippen LogP contribution is -2.01. The highest BCUT2D eigenvalue weighted by Crippen LogP contribution is 2.18. The van der Waals surface area contributed by atoms with E-state index in [-0.39, 0.29) is 5.78 Å². The summed E-state index contributed by atoms with van der Waals surface area (Å²) in [6, 6.07) is 5.01. The molecular formula is C10H10N2O2. The Kier molecular flexibility index (Phi) is 3.15. The van der Waals surface area contributed by atoms with E-state index in [9.17, 15) is 4.79 Å². The van der Waals surface area contributed by atoms with Gasteiger partial charge in [-0.15, -0.1) is 0 Å². The van der Waals surface area contributed by atoms with E-state index in [0.717, 1.165) is 17.5 Å². The Labute approximate surface area is 81.7 Å². The highest BCUT2D eigenvalue weighted by Gasteiger charge is 2.08. The largest absolute Gasteiger partial charge is 0.496 e. The molecule has 1 aromatic rings. The third kappa shape index (κ3) is 2.06. The van der Waals surface area contributed by atoms with E-state index < -0.39 is 0 Å². The molecule has 1 rings (SSSR count). The summed E-state index contributed by atoms with van der Waals surface area (Å²) in [4.78, 5) is 13.9. The summed E-state index contributed by atoms with van der Waals surface area (Å²) in [5.41, 5.74) is 9.53. The second kappa shape index (κ2) is 4.35. The quantitative estimate of drug-likeness (QED) is 0.313. The fraction of sp³-hybridized carbons (Fsp3) is 0.200. The second-order valence-corrected chi connectivity index (χ2v) is 2.79. The van der Waals surface area contributed by atoms with E-state index in [1.54, 1.807) is 25.3 Å². The highest BCUT2D eigenvalue weighted by molar-refractivity contribution is 6.33. The Morgan fingerprint density at radius 3 is 2.79 bits per heavy atom. The first-order chi connectivity index (χ1) is 6.69. The Morgan fingerprint density at radius 1 is 1.57 bits per heavy atom. The molecular weight excluding hydrogens is 180 g/mol. The number of carbonyl (C=O) groups is 1. The van der Waals surface area contributed by atoms with Crippen LogP contribution in [0.15, 0.2) is 18.2 Å². The van der Waals surface area contributed by atoms with Gasteiger partial charge in [-0.25, -0.2) is 0 Å². The van der Waals surface area contributed by atoms with Gasteiger partial charge < -0.3 is 10.3 Å². The van der Waals surface area contributed by atoms with Crippen molar-refractivity contribution in [2.45, 2.75) is 6.92 Å². The van der Waals surface area contributed by atoms with E-state index >= 15 is 0 Å². The molecule has 0 aliphatic heterocycles. The molecule has 4 heteroatoms. The number of carbonyl (C=O) groups excluding carboxylic acids is 1. The van der Waals surface area contributed by atoms with Crippen molar-refractivity contribution < 1.29 is 14.3 Å². The zero-order chi connectivity index (χ0) is 10.6. The molecule has 0 atom stereocenters. The zero-order valence-electron chi connectivity index (χ0n) is 8.02. The number of ether oxygens (including phenoxy) is 1. The Balaban J connectivity index is 3.08. The van der Waals surface area contributed by atoms with Gasteiger partial charge >= 0.3 is 6.21 Å². The molecule has 0 heterocycles. The predicted molar refractivity (Wildman–Crippen MR) is 51.7 cm³/mol. The van der Waals surface area contributed by atoms with Crippen molar-refractivity contribution in [3.8, 4) is 5.75 Å². The van der Waals surface area contributed by atoms with E-state index in [1.807, 2.05) is 6.92 Å². The Morgan fingerprint density at radius 2 is 2.29 bits per heavy atom. The number of nitrogens with zero attached hydrogens (tertiary/aromatic N) is 2. The molecule has 0 amide bonds. The van der Waals surface area contributed by atoms with Crippen molar-refractivity contribution >= 4 is 12.0 Å². The fourth-order valence-corrected chi connectivity index (χ4v) is 1.16. The van der Waals surface area contributed by atoms with Crippen LogP contribution in [0.3, 0.4) is 0 Å². The lowest BCUT2D eigenvalue weighted by atomic mass is 10.1. The molecule has 0 saturated heterocycles. The van der Waals surface area contributed by atoms with E-state index in [2.05, 4.69) is 4.79 Å². The minimum Gasteiger partial charge on any atom is -0.496 e. The van der Waals surface area contributed by atoms with Gasteiger partial charge in [0.1, 0.15) is 5.75 Å². The molecule has 0 aliphatic carbocycles. The maximum atomic E-state index is 11.2. The summed E-state index contributed by atoms with van der Waals surface area (Å²) in [5.74, 6) is 0.390. The molecule has 72 valence electrons. The van der Waals surface area contributed by atoms with Crippen LogP contribution in [0.1, 0.15) is 15.9 Å². The third-order valence-electron chi connectivity index (χ3n) is 1.85. The molecule has 0 aromatic heterocycles. The average molecular weight is 190 g/mol. The first-order valence-corrected chi connectivity index (χ1v) is 4.05. The van der Waals surface area contributed by atoms with Crippen molar-refractivity contribution in [1.29, 1.82) is 0 Å². The van der Waals surface area contributed by atoms with Crippen LogP contribution in [0, 0.1) is 6.92 Å². The zero-order valence-corrected chi connectivity index (χ0v) is 8.02. The van der Waals surface area contributed by atoms with E-state index in [0.29, 0.717) is 5.56 Å². The van der Waals surface area contributed by atoms with Gasteiger partial charge in [0.05, 0.1) is 7.11 Å². The molecule has 0 fully saturated rings. The lowest BCUT2D eigenvalue weighted by Gasteiger charge is -2.03. The number of rotatable bonds is 3. The van der Waals surface area contributed by atoms with Crippen LogP contribution in [-0.4, -0.2) is 23.9 Å². The monoisotopic (exact) mass is 190 g/mol. The summed E-state index contributed by atoms with van der Waals surface area (Å²) in [6.45, 7) is 1.84. The minimum absolute atomic E-state index is 0.335. The van der Waals surface area contributed by atoms with E-state index in [1.165, 1.54) is 0 Å². The molecule has 0 spiro atoms. The van der Waals surface area contributed by atoms with Gasteiger partial charge in [-0.3, -0.25) is 4.79 Å². The van der Waals surface area contributed by atoms with Gasteiger partial charge in [-0.05, 0) is 30.7 Å². The van der Waals surface area contributed by atoms with Gasteiger partial charge in [-0.2, -0.15) is 4.79 Å². The van der Waals surface area contributed by atoms with Crippen molar-refractivity contribution in [2.75, 3.05) is 7.11 Å². The molecule has 0 bridgehead atoms. The maximum absolute atomic E-state index is 11.2. The standard InChI is InChI=1S/C10H10N2O2/c1-7-5-8(9(13)6-12-11)3-4-10(7)14-2/h3-6H,1-2H3. The van der Waals surface area contributed by atoms with Gasteiger partial charge in [-0.1, -0.05) is 0 Å².